The van der Waals surface area contributed by atoms with Crippen molar-refractivity contribution in [1.29, 1.82) is 0 Å². The monoisotopic (exact) mass is 602 g/mol. The predicted molar refractivity (Wildman–Crippen MR) is 166 cm³/mol. The van der Waals surface area contributed by atoms with E-state index in [1.165, 1.54) is 16.4 Å². The van der Waals surface area contributed by atoms with E-state index in [1.54, 1.807) is 27.8 Å². The average Bonchev–Trinajstić information content (AvgIpc) is 3.01. The second-order valence-electron chi connectivity index (χ2n) is 10.6. The molecule has 6 rings (SSSR count). The molecule has 1 amide bonds. The first-order chi connectivity index (χ1) is 20.3. The van der Waals surface area contributed by atoms with Crippen molar-refractivity contribution in [3.63, 3.8) is 0 Å². The van der Waals surface area contributed by atoms with Crippen LogP contribution in [-0.4, -0.2) is 60.8 Å². The summed E-state index contributed by atoms with van der Waals surface area (Å²) in [4.78, 5) is 31.3. The van der Waals surface area contributed by atoms with Gasteiger partial charge in [-0.3, -0.25) is 9.59 Å². The normalized spacial score (nSPS) is 15.9. The van der Waals surface area contributed by atoms with E-state index in [1.807, 2.05) is 48.5 Å². The van der Waals surface area contributed by atoms with Crippen molar-refractivity contribution in [2.45, 2.75) is 24.4 Å². The molecule has 3 aromatic carbocycles. The van der Waals surface area contributed by atoms with E-state index < -0.39 is 15.5 Å². The Labute approximate surface area is 250 Å². The number of aromatic nitrogens is 1. The number of allylic oxidation sites excluding steroid dienone is 1. The molecule has 0 spiro atoms. The standard InChI is InChI=1S/C32H31ClN4O4S/c1-2-13-36-22-29(32(39)35-17-15-34(16-18-35)26-9-5-8-25(33)19-26)31(38)28-20-27(10-11-30(28)36)42(40,41)37-14-12-23-6-3-4-7-24(23)21-37/h2-11,19-20,22H,1,12-18,21H2. The zero-order valence-electron chi connectivity index (χ0n) is 23.1. The summed E-state index contributed by atoms with van der Waals surface area (Å²) in [6.45, 7) is 6.88. The Morgan fingerprint density at radius 1 is 0.929 bits per heavy atom. The fourth-order valence-electron chi connectivity index (χ4n) is 5.81. The van der Waals surface area contributed by atoms with Crippen molar-refractivity contribution in [2.24, 2.45) is 0 Å². The van der Waals surface area contributed by atoms with Crippen molar-refractivity contribution >= 4 is 44.1 Å². The van der Waals surface area contributed by atoms with Crippen LogP contribution in [0.25, 0.3) is 10.9 Å². The number of halogens is 1. The molecule has 1 aromatic heterocycles. The predicted octanol–water partition coefficient (Wildman–Crippen LogP) is 4.55. The number of nitrogens with zero attached hydrogens (tertiary/aromatic N) is 4. The molecule has 0 atom stereocenters. The Morgan fingerprint density at radius 3 is 2.43 bits per heavy atom. The van der Waals surface area contributed by atoms with Crippen LogP contribution in [0, 0.1) is 0 Å². The van der Waals surface area contributed by atoms with Gasteiger partial charge in [0.25, 0.3) is 5.91 Å². The van der Waals surface area contributed by atoms with Gasteiger partial charge in [0.05, 0.1) is 10.4 Å². The molecule has 0 radical (unpaired) electrons. The highest BCUT2D eigenvalue weighted by atomic mass is 35.5. The van der Waals surface area contributed by atoms with Crippen LogP contribution >= 0.6 is 11.6 Å². The van der Waals surface area contributed by atoms with Gasteiger partial charge in [0.15, 0.2) is 0 Å². The van der Waals surface area contributed by atoms with Crippen LogP contribution in [0.5, 0.6) is 0 Å². The van der Waals surface area contributed by atoms with Gasteiger partial charge < -0.3 is 14.4 Å². The third-order valence-electron chi connectivity index (χ3n) is 8.08. The number of carbonyl (C=O) groups is 1. The zero-order chi connectivity index (χ0) is 29.4. The molecule has 1 saturated heterocycles. The number of anilines is 1. The molecule has 0 aliphatic carbocycles. The molecular weight excluding hydrogens is 572 g/mol. The summed E-state index contributed by atoms with van der Waals surface area (Å²) in [5.74, 6) is -0.369. The summed E-state index contributed by atoms with van der Waals surface area (Å²) in [6, 6.07) is 20.0. The van der Waals surface area contributed by atoms with Gasteiger partial charge in [-0.2, -0.15) is 4.31 Å². The van der Waals surface area contributed by atoms with E-state index in [0.29, 0.717) is 56.2 Å². The summed E-state index contributed by atoms with van der Waals surface area (Å²) in [7, 11) is -3.87. The molecule has 2 aliphatic heterocycles. The minimum absolute atomic E-state index is 0.0157. The number of carbonyl (C=O) groups excluding carboxylic acids is 1. The molecule has 0 bridgehead atoms. The lowest BCUT2D eigenvalue weighted by Crippen LogP contribution is -2.49. The molecule has 42 heavy (non-hydrogen) atoms. The van der Waals surface area contributed by atoms with Crippen LogP contribution in [0.1, 0.15) is 21.5 Å². The number of benzene rings is 3. The molecule has 0 unspecified atom stereocenters. The van der Waals surface area contributed by atoms with Gasteiger partial charge >= 0.3 is 0 Å². The number of rotatable bonds is 6. The zero-order valence-corrected chi connectivity index (χ0v) is 24.7. The second kappa shape index (κ2) is 11.4. The lowest BCUT2D eigenvalue weighted by atomic mass is 10.0. The number of pyridine rings is 1. The SMILES string of the molecule is C=CCn1cc(C(=O)N2CCN(c3cccc(Cl)c3)CC2)c(=O)c2cc(S(=O)(=O)N3CCc4ccccc4C3)ccc21. The number of hydrogen-bond donors (Lipinski definition) is 0. The average molecular weight is 603 g/mol. The molecule has 3 heterocycles. The van der Waals surface area contributed by atoms with E-state index in [-0.39, 0.29) is 28.3 Å². The Kier molecular flexibility index (Phi) is 7.66. The minimum Gasteiger partial charge on any atom is -0.368 e. The van der Waals surface area contributed by atoms with Gasteiger partial charge in [0.1, 0.15) is 5.56 Å². The Bertz CT molecular complexity index is 1860. The highest BCUT2D eigenvalue weighted by Crippen LogP contribution is 2.27. The summed E-state index contributed by atoms with van der Waals surface area (Å²) in [5, 5.41) is 0.843. The maximum Gasteiger partial charge on any atom is 0.259 e. The van der Waals surface area contributed by atoms with Gasteiger partial charge in [0, 0.05) is 68.1 Å². The maximum absolute atomic E-state index is 13.8. The first-order valence-electron chi connectivity index (χ1n) is 13.9. The Morgan fingerprint density at radius 2 is 1.69 bits per heavy atom. The van der Waals surface area contributed by atoms with E-state index >= 15 is 0 Å². The van der Waals surface area contributed by atoms with Gasteiger partial charge in [-0.1, -0.05) is 48.0 Å². The van der Waals surface area contributed by atoms with Gasteiger partial charge in [-0.05, 0) is 53.9 Å². The summed E-state index contributed by atoms with van der Waals surface area (Å²) in [6.07, 6.45) is 3.86. The third-order valence-corrected chi connectivity index (χ3v) is 10.2. The van der Waals surface area contributed by atoms with Gasteiger partial charge in [0.2, 0.25) is 15.5 Å². The van der Waals surface area contributed by atoms with Crippen LogP contribution in [0.3, 0.4) is 0 Å². The number of piperazine rings is 1. The molecule has 10 heteroatoms. The Hall–Kier alpha value is -3.92. The van der Waals surface area contributed by atoms with E-state index in [0.717, 1.165) is 16.8 Å². The molecular formula is C32H31ClN4O4S. The maximum atomic E-state index is 13.8. The number of fused-ring (bicyclic) bond motifs is 2. The Balaban J connectivity index is 1.31. The van der Waals surface area contributed by atoms with Crippen molar-refractivity contribution in [1.82, 2.24) is 13.8 Å². The summed E-state index contributed by atoms with van der Waals surface area (Å²) in [5.41, 5.74) is 3.19. The number of hydrogen-bond acceptors (Lipinski definition) is 5. The third kappa shape index (κ3) is 5.24. The van der Waals surface area contributed by atoms with E-state index in [9.17, 15) is 18.0 Å². The highest BCUT2D eigenvalue weighted by Gasteiger charge is 2.30. The van der Waals surface area contributed by atoms with Gasteiger partial charge in [-0.15, -0.1) is 6.58 Å². The molecule has 1 fully saturated rings. The van der Waals surface area contributed by atoms with E-state index in [4.69, 9.17) is 11.6 Å². The first-order valence-corrected chi connectivity index (χ1v) is 15.7. The summed E-state index contributed by atoms with van der Waals surface area (Å²) < 4.78 is 30.6. The van der Waals surface area contributed by atoms with Crippen LogP contribution in [0.2, 0.25) is 5.02 Å². The molecule has 2 aliphatic rings. The van der Waals surface area contributed by atoms with E-state index in [2.05, 4.69) is 11.5 Å². The largest absolute Gasteiger partial charge is 0.368 e. The fraction of sp³-hybridized carbons (Fsp3) is 0.250. The van der Waals surface area contributed by atoms with Crippen LogP contribution in [0.15, 0.2) is 95.3 Å². The van der Waals surface area contributed by atoms with Crippen LogP contribution in [-0.2, 0) is 29.5 Å². The summed E-state index contributed by atoms with van der Waals surface area (Å²) >= 11 is 6.16. The van der Waals surface area contributed by atoms with Crippen LogP contribution < -0.4 is 10.3 Å². The number of amides is 1. The smallest absolute Gasteiger partial charge is 0.259 e. The van der Waals surface area contributed by atoms with Crippen LogP contribution in [0.4, 0.5) is 5.69 Å². The van der Waals surface area contributed by atoms with Crippen molar-refractivity contribution in [3.05, 3.63) is 118 Å². The highest BCUT2D eigenvalue weighted by molar-refractivity contribution is 7.89. The lowest BCUT2D eigenvalue weighted by molar-refractivity contribution is 0.0745. The topological polar surface area (TPSA) is 82.9 Å². The molecule has 0 N–H and O–H groups in total. The number of sulfonamides is 1. The fourth-order valence-corrected chi connectivity index (χ4v) is 7.44. The van der Waals surface area contributed by atoms with Crippen molar-refractivity contribution in [2.75, 3.05) is 37.6 Å². The lowest BCUT2D eigenvalue weighted by Gasteiger charge is -2.36. The first kappa shape index (κ1) is 28.2. The molecule has 0 saturated carbocycles. The molecule has 216 valence electrons. The molecule has 4 aromatic rings. The van der Waals surface area contributed by atoms with Crippen molar-refractivity contribution in [3.8, 4) is 0 Å². The second-order valence-corrected chi connectivity index (χ2v) is 13.0. The van der Waals surface area contributed by atoms with Crippen molar-refractivity contribution < 1.29 is 13.2 Å². The quantitative estimate of drug-likeness (QED) is 0.303. The molecule has 8 nitrogen and oxygen atoms in total. The minimum atomic E-state index is -3.87. The van der Waals surface area contributed by atoms with Gasteiger partial charge in [-0.25, -0.2) is 8.42 Å².